The lowest BCUT2D eigenvalue weighted by atomic mass is 10.2. The lowest BCUT2D eigenvalue weighted by Gasteiger charge is -2.15. The normalized spacial score (nSPS) is 14.4. The average molecular weight is 383 g/mol. The maximum atomic E-state index is 14.3. The number of methoxy groups -OCH3 is 1. The number of nitrogens with zero attached hydrogens (tertiary/aromatic N) is 3. The smallest absolute Gasteiger partial charge is 0.325 e. The number of aryl methyl sites for hydroxylation is 1. The van der Waals surface area contributed by atoms with Gasteiger partial charge < -0.3 is 4.74 Å². The first-order chi connectivity index (χ1) is 12.0. The molecule has 3 rings (SSSR count). The molecule has 0 spiro atoms. The van der Waals surface area contributed by atoms with Crippen LogP contribution in [0.2, 0.25) is 0 Å². The molecule has 0 aliphatic carbocycles. The van der Waals surface area contributed by atoms with E-state index in [0.29, 0.717) is 17.9 Å². The Morgan fingerprint density at radius 2 is 2.08 bits per heavy atom. The maximum absolute atomic E-state index is 14.3. The summed E-state index contributed by atoms with van der Waals surface area (Å²) in [5, 5.41) is 0. The van der Waals surface area contributed by atoms with Gasteiger partial charge in [-0.15, -0.1) is 11.8 Å². The van der Waals surface area contributed by atoms with Gasteiger partial charge in [0.1, 0.15) is 11.5 Å². The summed E-state index contributed by atoms with van der Waals surface area (Å²) >= 11 is 2.30. The summed E-state index contributed by atoms with van der Waals surface area (Å²) in [4.78, 5) is 28.9. The van der Waals surface area contributed by atoms with Crippen molar-refractivity contribution in [3.8, 4) is 0 Å². The molecule has 0 saturated heterocycles. The Balaban J connectivity index is 2.00. The Morgan fingerprint density at radius 1 is 1.36 bits per heavy atom. The molecule has 1 aromatic carbocycles. The van der Waals surface area contributed by atoms with E-state index in [1.165, 1.54) is 24.9 Å². The number of ether oxygens (including phenoxy) is 1. The summed E-state index contributed by atoms with van der Waals surface area (Å²) in [6.07, 6.45) is 1.93. The van der Waals surface area contributed by atoms with E-state index in [-0.39, 0.29) is 22.3 Å². The molecule has 0 unspecified atom stereocenters. The second kappa shape index (κ2) is 7.57. The van der Waals surface area contributed by atoms with E-state index in [1.54, 1.807) is 17.7 Å². The number of fused-ring (bicyclic) bond motifs is 1. The van der Waals surface area contributed by atoms with Crippen LogP contribution in [0.25, 0.3) is 0 Å². The van der Waals surface area contributed by atoms with Crippen molar-refractivity contribution in [3.05, 3.63) is 38.0 Å². The number of hydrogen-bond donors (Lipinski definition) is 0. The van der Waals surface area contributed by atoms with Gasteiger partial charge in [0.05, 0.1) is 12.9 Å². The highest BCUT2D eigenvalue weighted by atomic mass is 32.2. The minimum absolute atomic E-state index is 0.0775. The first kappa shape index (κ1) is 17.9. The predicted molar refractivity (Wildman–Crippen MR) is 94.9 cm³/mol. The second-order valence-corrected chi connectivity index (χ2v) is 7.59. The third-order valence-corrected chi connectivity index (χ3v) is 5.93. The van der Waals surface area contributed by atoms with E-state index in [4.69, 9.17) is 0 Å². The number of carbonyl (C=O) groups is 1. The third-order valence-electron chi connectivity index (χ3n) is 3.93. The summed E-state index contributed by atoms with van der Waals surface area (Å²) in [7, 11) is 1.33. The van der Waals surface area contributed by atoms with E-state index < -0.39 is 5.82 Å². The second-order valence-electron chi connectivity index (χ2n) is 5.65. The summed E-state index contributed by atoms with van der Waals surface area (Å²) in [5.74, 6) is -0.648. The first-order valence-corrected chi connectivity index (χ1v) is 9.65. The number of benzene rings is 1. The molecule has 0 radical (unpaired) electrons. The Hall–Kier alpha value is -1.87. The topological polar surface area (TPSA) is 65.6 Å². The summed E-state index contributed by atoms with van der Waals surface area (Å²) < 4.78 is 22.4. The zero-order valence-corrected chi connectivity index (χ0v) is 15.6. The lowest BCUT2D eigenvalue weighted by Crippen LogP contribution is -2.31. The van der Waals surface area contributed by atoms with Crippen molar-refractivity contribution in [1.29, 1.82) is 0 Å². The molecule has 0 saturated carbocycles. The van der Waals surface area contributed by atoms with Crippen molar-refractivity contribution in [2.75, 3.05) is 12.9 Å². The van der Waals surface area contributed by atoms with Gasteiger partial charge >= 0.3 is 10.8 Å². The zero-order valence-electron chi connectivity index (χ0n) is 14.0. The van der Waals surface area contributed by atoms with Gasteiger partial charge in [-0.25, -0.2) is 14.1 Å². The highest BCUT2D eigenvalue weighted by Crippen LogP contribution is 2.29. The van der Waals surface area contributed by atoms with E-state index >= 15 is 0 Å². The number of rotatable bonds is 4. The van der Waals surface area contributed by atoms with Crippen LogP contribution in [0.1, 0.15) is 18.4 Å². The molecule has 134 valence electrons. The van der Waals surface area contributed by atoms with Crippen molar-refractivity contribution in [2.45, 2.75) is 37.8 Å². The number of carbonyl (C=O) groups excluding carboxylic acids is 1. The van der Waals surface area contributed by atoms with Crippen molar-refractivity contribution >= 4 is 34.8 Å². The van der Waals surface area contributed by atoms with Crippen molar-refractivity contribution in [1.82, 2.24) is 9.36 Å². The first-order valence-electron chi connectivity index (χ1n) is 7.85. The van der Waals surface area contributed by atoms with Gasteiger partial charge in [-0.2, -0.15) is 0 Å². The Morgan fingerprint density at radius 3 is 2.80 bits per heavy atom. The molecule has 0 fully saturated rings. The molecule has 25 heavy (non-hydrogen) atoms. The predicted octanol–water partition coefficient (Wildman–Crippen LogP) is 2.45. The minimum Gasteiger partial charge on any atom is -0.468 e. The van der Waals surface area contributed by atoms with Gasteiger partial charge in [-0.1, -0.05) is 0 Å². The Labute approximate surface area is 151 Å². The number of aromatic nitrogens is 2. The molecule has 2 heterocycles. The van der Waals surface area contributed by atoms with Gasteiger partial charge in [0, 0.05) is 18.0 Å². The number of thioether (sulfide) groups is 1. The molecule has 9 heteroatoms. The fourth-order valence-electron chi connectivity index (χ4n) is 2.60. The highest BCUT2D eigenvalue weighted by molar-refractivity contribution is 8.00. The molecule has 2 aromatic rings. The van der Waals surface area contributed by atoms with Gasteiger partial charge in [0.15, 0.2) is 0 Å². The molecular weight excluding hydrogens is 365 g/mol. The maximum Gasteiger partial charge on any atom is 0.325 e. The molecule has 0 N–H and O–H groups in total. The van der Waals surface area contributed by atoms with Crippen LogP contribution in [-0.2, 0) is 22.6 Å². The van der Waals surface area contributed by atoms with Crippen LogP contribution in [0, 0.1) is 12.7 Å². The van der Waals surface area contributed by atoms with E-state index in [2.05, 4.69) is 9.73 Å². The Bertz CT molecular complexity index is 930. The van der Waals surface area contributed by atoms with Crippen LogP contribution in [-0.4, -0.2) is 28.2 Å². The minimum atomic E-state index is -0.448. The Kier molecular flexibility index (Phi) is 5.43. The highest BCUT2D eigenvalue weighted by Gasteiger charge is 2.14. The third kappa shape index (κ3) is 3.87. The monoisotopic (exact) mass is 383 g/mol. The SMILES string of the molecule is COC(=O)CSc1cc(N=c2sc(=O)n3n2CCCC3)c(F)cc1C. The van der Waals surface area contributed by atoms with Crippen LogP contribution in [0.5, 0.6) is 0 Å². The number of halogens is 1. The standard InChI is InChI=1S/C16H18FN3O3S2/c1-10-7-11(17)12(8-13(10)24-9-14(21)23-2)18-15-19-5-3-4-6-20(19)16(22)25-15/h7-8H,3-6,9H2,1-2H3. The lowest BCUT2D eigenvalue weighted by molar-refractivity contribution is -0.137. The van der Waals surface area contributed by atoms with Crippen molar-refractivity contribution < 1.29 is 13.9 Å². The van der Waals surface area contributed by atoms with Crippen molar-refractivity contribution in [3.63, 3.8) is 0 Å². The van der Waals surface area contributed by atoms with E-state index in [0.717, 1.165) is 34.6 Å². The zero-order chi connectivity index (χ0) is 18.0. The van der Waals surface area contributed by atoms with Crippen LogP contribution in [0.4, 0.5) is 10.1 Å². The van der Waals surface area contributed by atoms with Gasteiger partial charge in [0.2, 0.25) is 4.80 Å². The van der Waals surface area contributed by atoms with Gasteiger partial charge in [-0.3, -0.25) is 14.3 Å². The van der Waals surface area contributed by atoms with Gasteiger partial charge in [0.25, 0.3) is 0 Å². The quantitative estimate of drug-likeness (QED) is 0.601. The summed E-state index contributed by atoms with van der Waals surface area (Å²) in [6.45, 7) is 3.15. The fourth-order valence-corrected chi connectivity index (χ4v) is 4.36. The molecular formula is C16H18FN3O3S2. The van der Waals surface area contributed by atoms with Gasteiger partial charge in [-0.05, 0) is 48.8 Å². The molecule has 0 bridgehead atoms. The van der Waals surface area contributed by atoms with Crippen LogP contribution >= 0.6 is 23.1 Å². The molecule has 0 atom stereocenters. The fraction of sp³-hybridized carbons (Fsp3) is 0.438. The summed E-state index contributed by atoms with van der Waals surface area (Å²) in [5.41, 5.74) is 0.894. The molecule has 1 aliphatic rings. The molecule has 6 nitrogen and oxygen atoms in total. The molecule has 1 aromatic heterocycles. The van der Waals surface area contributed by atoms with Crippen LogP contribution in [0.3, 0.4) is 0 Å². The largest absolute Gasteiger partial charge is 0.468 e. The van der Waals surface area contributed by atoms with Crippen LogP contribution < -0.4 is 9.67 Å². The van der Waals surface area contributed by atoms with Crippen LogP contribution in [0.15, 0.2) is 26.8 Å². The van der Waals surface area contributed by atoms with Crippen molar-refractivity contribution in [2.24, 2.45) is 4.99 Å². The number of esters is 1. The van der Waals surface area contributed by atoms with E-state index in [1.807, 2.05) is 4.68 Å². The molecule has 0 amide bonds. The number of hydrogen-bond acceptors (Lipinski definition) is 6. The summed E-state index contributed by atoms with van der Waals surface area (Å²) in [6, 6.07) is 3.01. The van der Waals surface area contributed by atoms with E-state index in [9.17, 15) is 14.0 Å². The average Bonchev–Trinajstić information content (AvgIpc) is 2.92. The molecule has 1 aliphatic heterocycles.